The lowest BCUT2D eigenvalue weighted by atomic mass is 9.74. The van der Waals surface area contributed by atoms with Crippen LogP contribution >= 0.6 is 0 Å². The molecule has 0 radical (unpaired) electrons. The van der Waals surface area contributed by atoms with Crippen LogP contribution in [-0.4, -0.2) is 69.3 Å². The van der Waals surface area contributed by atoms with Gasteiger partial charge in [-0.25, -0.2) is 0 Å². The molecule has 0 amide bonds. The van der Waals surface area contributed by atoms with Crippen molar-refractivity contribution < 1.29 is 9.47 Å². The number of hydrogen-bond acceptors (Lipinski definition) is 6. The molecule has 0 spiro atoms. The lowest BCUT2D eigenvalue weighted by Crippen LogP contribution is -2.44. The number of rotatable bonds is 7. The lowest BCUT2D eigenvalue weighted by Gasteiger charge is -2.40. The molecule has 1 aliphatic carbocycles. The van der Waals surface area contributed by atoms with E-state index in [1.807, 2.05) is 6.92 Å². The highest BCUT2D eigenvalue weighted by atomic mass is 16.5. The second kappa shape index (κ2) is 10.6. The Morgan fingerprint density at radius 3 is 2.66 bits per heavy atom. The molecule has 2 heterocycles. The van der Waals surface area contributed by atoms with Crippen LogP contribution in [0.2, 0.25) is 0 Å². The zero-order valence-electron chi connectivity index (χ0n) is 20.0. The van der Waals surface area contributed by atoms with Gasteiger partial charge < -0.3 is 24.6 Å². The third kappa shape index (κ3) is 4.89. The summed E-state index contributed by atoms with van der Waals surface area (Å²) >= 11 is 0. The molecule has 0 bridgehead atoms. The summed E-state index contributed by atoms with van der Waals surface area (Å²) in [7, 11) is 3.88. The summed E-state index contributed by atoms with van der Waals surface area (Å²) < 4.78 is 11.6. The molecule has 2 fully saturated rings. The van der Waals surface area contributed by atoms with Crippen molar-refractivity contribution in [2.24, 2.45) is 0 Å². The zero-order chi connectivity index (χ0) is 22.5. The Morgan fingerprint density at radius 2 is 1.94 bits per heavy atom. The van der Waals surface area contributed by atoms with Gasteiger partial charge in [0.15, 0.2) is 11.5 Å². The van der Waals surface area contributed by atoms with Crippen molar-refractivity contribution in [2.75, 3.05) is 53.5 Å². The van der Waals surface area contributed by atoms with Crippen molar-refractivity contribution in [3.63, 3.8) is 0 Å². The van der Waals surface area contributed by atoms with Gasteiger partial charge in [-0.05, 0) is 63.9 Å². The third-order valence-electron chi connectivity index (χ3n) is 7.33. The number of nitrogens with zero attached hydrogens (tertiary/aromatic N) is 3. The van der Waals surface area contributed by atoms with Crippen LogP contribution in [0.15, 0.2) is 17.7 Å². The number of methoxy groups -OCH3 is 1. The molecule has 1 saturated heterocycles. The molecular weight excluding hydrogens is 400 g/mol. The molecule has 6 nitrogen and oxygen atoms in total. The molecule has 2 aliphatic heterocycles. The van der Waals surface area contributed by atoms with Gasteiger partial charge in [-0.3, -0.25) is 0 Å². The van der Waals surface area contributed by atoms with E-state index in [1.54, 1.807) is 7.11 Å². The Kier molecular flexibility index (Phi) is 7.59. The topological polar surface area (TPSA) is 60.8 Å². The van der Waals surface area contributed by atoms with E-state index in [4.69, 9.17) is 9.47 Å². The van der Waals surface area contributed by atoms with Crippen molar-refractivity contribution in [3.8, 4) is 17.6 Å². The first-order valence-electron chi connectivity index (χ1n) is 12.3. The van der Waals surface area contributed by atoms with Crippen LogP contribution in [0.25, 0.3) is 5.70 Å². The number of benzene rings is 1. The normalized spacial score (nSPS) is 25.2. The number of hydrogen-bond donors (Lipinski definition) is 1. The maximum Gasteiger partial charge on any atom is 0.161 e. The zero-order valence-corrected chi connectivity index (χ0v) is 20.0. The number of fused-ring (bicyclic) bond motifs is 3. The van der Waals surface area contributed by atoms with Gasteiger partial charge in [0.05, 0.1) is 31.1 Å². The van der Waals surface area contributed by atoms with Gasteiger partial charge in [0.1, 0.15) is 0 Å². The summed E-state index contributed by atoms with van der Waals surface area (Å²) in [5.41, 5.74) is 4.34. The van der Waals surface area contributed by atoms with E-state index in [9.17, 15) is 5.26 Å². The minimum absolute atomic E-state index is 0.398. The second-order valence-corrected chi connectivity index (χ2v) is 9.38. The minimum atomic E-state index is 0.398. The molecule has 3 aliphatic rings. The summed E-state index contributed by atoms with van der Waals surface area (Å²) in [6.07, 6.45) is 6.65. The Morgan fingerprint density at radius 1 is 1.16 bits per heavy atom. The van der Waals surface area contributed by atoms with E-state index in [2.05, 4.69) is 40.4 Å². The summed E-state index contributed by atoms with van der Waals surface area (Å²) in [5, 5.41) is 13.9. The van der Waals surface area contributed by atoms with Gasteiger partial charge in [0.25, 0.3) is 0 Å². The van der Waals surface area contributed by atoms with Crippen molar-refractivity contribution in [1.29, 1.82) is 5.26 Å². The largest absolute Gasteiger partial charge is 0.493 e. The molecule has 0 aromatic heterocycles. The van der Waals surface area contributed by atoms with Crippen LogP contribution in [0.1, 0.15) is 62.5 Å². The smallest absolute Gasteiger partial charge is 0.161 e. The van der Waals surface area contributed by atoms with Gasteiger partial charge in [0, 0.05) is 43.7 Å². The van der Waals surface area contributed by atoms with E-state index >= 15 is 0 Å². The second-order valence-electron chi connectivity index (χ2n) is 9.38. The molecule has 1 aromatic carbocycles. The number of nitriles is 1. The first-order valence-corrected chi connectivity index (χ1v) is 12.3. The number of likely N-dealkylation sites (N-methyl/N-ethyl adjacent to an activating group) is 1. The molecule has 174 valence electrons. The van der Waals surface area contributed by atoms with Crippen LogP contribution in [0.4, 0.5) is 0 Å². The van der Waals surface area contributed by atoms with Gasteiger partial charge >= 0.3 is 0 Å². The van der Waals surface area contributed by atoms with Crippen LogP contribution < -0.4 is 14.8 Å². The fourth-order valence-corrected chi connectivity index (χ4v) is 5.50. The first kappa shape index (κ1) is 22.9. The van der Waals surface area contributed by atoms with Gasteiger partial charge in [-0.2, -0.15) is 5.26 Å². The van der Waals surface area contributed by atoms with E-state index in [0.717, 1.165) is 80.3 Å². The van der Waals surface area contributed by atoms with E-state index in [1.165, 1.54) is 24.8 Å². The first-order chi connectivity index (χ1) is 15.6. The van der Waals surface area contributed by atoms with Crippen molar-refractivity contribution >= 4 is 5.70 Å². The van der Waals surface area contributed by atoms with Crippen LogP contribution in [0.3, 0.4) is 0 Å². The van der Waals surface area contributed by atoms with Crippen LogP contribution in [0.5, 0.6) is 11.5 Å². The molecule has 1 saturated carbocycles. The number of ether oxygens (including phenoxy) is 2. The van der Waals surface area contributed by atoms with Crippen molar-refractivity contribution in [1.82, 2.24) is 15.1 Å². The maximum absolute atomic E-state index is 10.1. The molecule has 2 atom stereocenters. The number of piperazine rings is 1. The maximum atomic E-state index is 10.1. The highest BCUT2D eigenvalue weighted by Crippen LogP contribution is 2.46. The van der Waals surface area contributed by atoms with Gasteiger partial charge in [-0.1, -0.05) is 12.8 Å². The van der Waals surface area contributed by atoms with Crippen molar-refractivity contribution in [2.45, 2.75) is 57.4 Å². The van der Waals surface area contributed by atoms with E-state index in [-0.39, 0.29) is 0 Å². The Hall–Kier alpha value is -2.23. The van der Waals surface area contributed by atoms with Crippen LogP contribution in [0, 0.1) is 11.3 Å². The number of allylic oxidation sites excluding steroid dienone is 1. The summed E-state index contributed by atoms with van der Waals surface area (Å²) in [6.45, 7) is 8.17. The SMILES string of the molecule is CCOc1cc2c(cc1OC)C(=C(C#N)CCCN1CCN(C)CC1)N[C@@H]1CCCC[C@H]21. The standard InChI is InChI=1S/C26H38N4O2/c1-4-32-25-16-21-20-9-5-6-10-23(20)28-26(22(21)17-24(25)31-3)19(18-27)8-7-11-30-14-12-29(2)13-15-30/h16-17,20,23,28H,4-15H2,1-3H3/t20-,23-/m1/s1. The average Bonchev–Trinajstić information content (AvgIpc) is 2.82. The van der Waals surface area contributed by atoms with E-state index < -0.39 is 0 Å². The fourth-order valence-electron chi connectivity index (χ4n) is 5.50. The Bertz CT molecular complexity index is 867. The molecule has 4 rings (SSSR count). The summed E-state index contributed by atoms with van der Waals surface area (Å²) in [4.78, 5) is 4.91. The molecule has 0 unspecified atom stereocenters. The van der Waals surface area contributed by atoms with Gasteiger partial charge in [-0.15, -0.1) is 0 Å². The van der Waals surface area contributed by atoms with Crippen LogP contribution in [-0.2, 0) is 0 Å². The minimum Gasteiger partial charge on any atom is -0.493 e. The van der Waals surface area contributed by atoms with Crippen molar-refractivity contribution in [3.05, 3.63) is 28.8 Å². The average molecular weight is 439 g/mol. The molecule has 1 N–H and O–H groups in total. The third-order valence-corrected chi connectivity index (χ3v) is 7.33. The molecular formula is C26H38N4O2. The Balaban J connectivity index is 1.61. The van der Waals surface area contributed by atoms with Gasteiger partial charge in [0.2, 0.25) is 0 Å². The quantitative estimate of drug-likeness (QED) is 0.650. The predicted molar refractivity (Wildman–Crippen MR) is 128 cm³/mol. The molecule has 1 aromatic rings. The fraction of sp³-hybridized carbons (Fsp3) is 0.654. The molecule has 6 heteroatoms. The highest BCUT2D eigenvalue weighted by Gasteiger charge is 2.35. The Labute approximate surface area is 193 Å². The summed E-state index contributed by atoms with van der Waals surface area (Å²) in [6, 6.07) is 7.22. The summed E-state index contributed by atoms with van der Waals surface area (Å²) in [5.74, 6) is 2.03. The predicted octanol–water partition coefficient (Wildman–Crippen LogP) is 3.99. The monoisotopic (exact) mass is 438 g/mol. The van der Waals surface area contributed by atoms with E-state index in [0.29, 0.717) is 18.6 Å². The highest BCUT2D eigenvalue weighted by molar-refractivity contribution is 5.77. The number of nitrogens with one attached hydrogen (secondary N) is 1. The lowest BCUT2D eigenvalue weighted by molar-refractivity contribution is 0.153. The molecule has 32 heavy (non-hydrogen) atoms.